The van der Waals surface area contributed by atoms with Crippen LogP contribution >= 0.6 is 0 Å². The molecule has 0 aliphatic heterocycles. The van der Waals surface area contributed by atoms with Gasteiger partial charge in [0.1, 0.15) is 11.5 Å². The van der Waals surface area contributed by atoms with Crippen molar-refractivity contribution in [3.05, 3.63) is 23.8 Å². The molecular formula is C15H24N2O3. The Bertz CT molecular complexity index is 435. The van der Waals surface area contributed by atoms with Gasteiger partial charge in [-0.15, -0.1) is 0 Å². The monoisotopic (exact) mass is 280 g/mol. The van der Waals surface area contributed by atoms with Gasteiger partial charge in [0.15, 0.2) is 0 Å². The van der Waals surface area contributed by atoms with Crippen LogP contribution in [0.25, 0.3) is 0 Å². The third-order valence-corrected chi connectivity index (χ3v) is 3.08. The molecular weight excluding hydrogens is 256 g/mol. The number of hydrogen-bond acceptors (Lipinski definition) is 4. The molecule has 1 unspecified atom stereocenters. The molecule has 0 saturated carbocycles. The number of benzene rings is 1. The standard InChI is InChI=1S/C15H24N2O3/c1-5-16-15(18)8-9-17-11(2)13-7-6-12(19-3)10-14(13)20-4/h6-7,10-11,17H,5,8-9H2,1-4H3,(H,16,18). The number of carbonyl (C=O) groups is 1. The minimum absolute atomic E-state index is 0.0638. The van der Waals surface area contributed by atoms with Gasteiger partial charge in [0.05, 0.1) is 14.2 Å². The molecule has 0 aliphatic rings. The lowest BCUT2D eigenvalue weighted by Crippen LogP contribution is -2.28. The summed E-state index contributed by atoms with van der Waals surface area (Å²) in [6.07, 6.45) is 0.469. The molecule has 0 heterocycles. The average Bonchev–Trinajstić information content (AvgIpc) is 2.46. The molecule has 0 aromatic heterocycles. The fourth-order valence-electron chi connectivity index (χ4n) is 1.97. The predicted octanol–water partition coefficient (Wildman–Crippen LogP) is 1.88. The van der Waals surface area contributed by atoms with Crippen LogP contribution in [0.5, 0.6) is 11.5 Å². The van der Waals surface area contributed by atoms with Crippen molar-refractivity contribution < 1.29 is 14.3 Å². The van der Waals surface area contributed by atoms with Gasteiger partial charge in [0.2, 0.25) is 5.91 Å². The maximum atomic E-state index is 11.4. The Kier molecular flexibility index (Phi) is 6.87. The predicted molar refractivity (Wildman–Crippen MR) is 79.3 cm³/mol. The first-order valence-electron chi connectivity index (χ1n) is 6.84. The minimum atomic E-state index is 0.0638. The van der Waals surface area contributed by atoms with Gasteiger partial charge in [-0.25, -0.2) is 0 Å². The van der Waals surface area contributed by atoms with Crippen LogP contribution in [-0.2, 0) is 4.79 Å². The number of amides is 1. The van der Waals surface area contributed by atoms with Crippen LogP contribution in [0.2, 0.25) is 0 Å². The van der Waals surface area contributed by atoms with Gasteiger partial charge in [0.25, 0.3) is 0 Å². The number of carbonyl (C=O) groups excluding carboxylic acids is 1. The van der Waals surface area contributed by atoms with Crippen LogP contribution in [0.1, 0.15) is 31.9 Å². The van der Waals surface area contributed by atoms with E-state index in [2.05, 4.69) is 10.6 Å². The SMILES string of the molecule is CCNC(=O)CCNC(C)c1ccc(OC)cc1OC. The molecule has 112 valence electrons. The fraction of sp³-hybridized carbons (Fsp3) is 0.533. The second-order valence-corrected chi connectivity index (χ2v) is 4.49. The molecule has 0 bridgehead atoms. The van der Waals surface area contributed by atoms with Crippen LogP contribution in [0.3, 0.4) is 0 Å². The maximum absolute atomic E-state index is 11.4. The highest BCUT2D eigenvalue weighted by Gasteiger charge is 2.12. The third kappa shape index (κ3) is 4.74. The fourth-order valence-corrected chi connectivity index (χ4v) is 1.97. The molecule has 1 aromatic rings. The van der Waals surface area contributed by atoms with Crippen molar-refractivity contribution in [2.45, 2.75) is 26.3 Å². The Morgan fingerprint density at radius 1 is 1.30 bits per heavy atom. The van der Waals surface area contributed by atoms with E-state index in [0.29, 0.717) is 19.5 Å². The van der Waals surface area contributed by atoms with E-state index in [0.717, 1.165) is 17.1 Å². The van der Waals surface area contributed by atoms with E-state index in [1.54, 1.807) is 14.2 Å². The lowest BCUT2D eigenvalue weighted by atomic mass is 10.1. The Morgan fingerprint density at radius 2 is 2.05 bits per heavy atom. The van der Waals surface area contributed by atoms with E-state index in [9.17, 15) is 4.79 Å². The van der Waals surface area contributed by atoms with Crippen LogP contribution in [-0.4, -0.2) is 33.2 Å². The zero-order valence-electron chi connectivity index (χ0n) is 12.7. The van der Waals surface area contributed by atoms with E-state index in [1.165, 1.54) is 0 Å². The highest BCUT2D eigenvalue weighted by molar-refractivity contribution is 5.75. The minimum Gasteiger partial charge on any atom is -0.497 e. The first-order chi connectivity index (χ1) is 9.62. The summed E-state index contributed by atoms with van der Waals surface area (Å²) in [6, 6.07) is 5.84. The molecule has 5 nitrogen and oxygen atoms in total. The molecule has 0 spiro atoms. The molecule has 20 heavy (non-hydrogen) atoms. The van der Waals surface area contributed by atoms with E-state index in [1.807, 2.05) is 32.0 Å². The van der Waals surface area contributed by atoms with Gasteiger partial charge in [-0.05, 0) is 19.9 Å². The summed E-state index contributed by atoms with van der Waals surface area (Å²) in [5.41, 5.74) is 1.05. The molecule has 2 N–H and O–H groups in total. The normalized spacial score (nSPS) is 11.8. The first-order valence-corrected chi connectivity index (χ1v) is 6.84. The van der Waals surface area contributed by atoms with Gasteiger partial charge in [-0.1, -0.05) is 6.07 Å². The van der Waals surface area contributed by atoms with E-state index >= 15 is 0 Å². The Hall–Kier alpha value is -1.75. The largest absolute Gasteiger partial charge is 0.497 e. The second kappa shape index (κ2) is 8.43. The van der Waals surface area contributed by atoms with E-state index < -0.39 is 0 Å². The van der Waals surface area contributed by atoms with Crippen molar-refractivity contribution in [3.63, 3.8) is 0 Å². The summed E-state index contributed by atoms with van der Waals surface area (Å²) in [4.78, 5) is 11.4. The Morgan fingerprint density at radius 3 is 2.65 bits per heavy atom. The van der Waals surface area contributed by atoms with E-state index in [-0.39, 0.29) is 11.9 Å². The van der Waals surface area contributed by atoms with Gasteiger partial charge in [-0.3, -0.25) is 4.79 Å². The zero-order chi connectivity index (χ0) is 15.0. The van der Waals surface area contributed by atoms with Gasteiger partial charge >= 0.3 is 0 Å². The molecule has 1 aromatic carbocycles. The summed E-state index contributed by atoms with van der Waals surface area (Å²) in [5.74, 6) is 1.61. The van der Waals surface area contributed by atoms with Gasteiger partial charge in [0, 0.05) is 37.2 Å². The third-order valence-electron chi connectivity index (χ3n) is 3.08. The quantitative estimate of drug-likeness (QED) is 0.763. The number of methoxy groups -OCH3 is 2. The lowest BCUT2D eigenvalue weighted by Gasteiger charge is -2.18. The number of ether oxygens (including phenoxy) is 2. The molecule has 0 fully saturated rings. The summed E-state index contributed by atoms with van der Waals surface area (Å²) in [6.45, 7) is 5.25. The average molecular weight is 280 g/mol. The summed E-state index contributed by atoms with van der Waals surface area (Å²) >= 11 is 0. The highest BCUT2D eigenvalue weighted by Crippen LogP contribution is 2.29. The molecule has 0 aliphatic carbocycles. The highest BCUT2D eigenvalue weighted by atomic mass is 16.5. The Labute approximate surface area is 120 Å². The van der Waals surface area contributed by atoms with Crippen LogP contribution in [0, 0.1) is 0 Å². The molecule has 0 saturated heterocycles. The summed E-state index contributed by atoms with van der Waals surface area (Å²) in [7, 11) is 3.27. The summed E-state index contributed by atoms with van der Waals surface area (Å²) in [5, 5.41) is 6.10. The smallest absolute Gasteiger partial charge is 0.221 e. The number of hydrogen-bond donors (Lipinski definition) is 2. The Balaban J connectivity index is 2.58. The van der Waals surface area contributed by atoms with Crippen molar-refractivity contribution >= 4 is 5.91 Å². The number of rotatable bonds is 8. The lowest BCUT2D eigenvalue weighted by molar-refractivity contribution is -0.120. The summed E-state index contributed by atoms with van der Waals surface area (Å²) < 4.78 is 10.6. The molecule has 1 rings (SSSR count). The van der Waals surface area contributed by atoms with Gasteiger partial charge in [-0.2, -0.15) is 0 Å². The van der Waals surface area contributed by atoms with Crippen molar-refractivity contribution in [1.82, 2.24) is 10.6 Å². The van der Waals surface area contributed by atoms with Crippen molar-refractivity contribution in [2.24, 2.45) is 0 Å². The zero-order valence-corrected chi connectivity index (χ0v) is 12.7. The van der Waals surface area contributed by atoms with Crippen molar-refractivity contribution in [2.75, 3.05) is 27.3 Å². The molecule has 1 amide bonds. The molecule has 1 atom stereocenters. The van der Waals surface area contributed by atoms with Crippen LogP contribution < -0.4 is 20.1 Å². The van der Waals surface area contributed by atoms with Gasteiger partial charge < -0.3 is 20.1 Å². The second-order valence-electron chi connectivity index (χ2n) is 4.49. The number of nitrogens with one attached hydrogen (secondary N) is 2. The van der Waals surface area contributed by atoms with E-state index in [4.69, 9.17) is 9.47 Å². The van der Waals surface area contributed by atoms with Crippen molar-refractivity contribution in [1.29, 1.82) is 0 Å². The molecule has 0 radical (unpaired) electrons. The maximum Gasteiger partial charge on any atom is 0.221 e. The topological polar surface area (TPSA) is 59.6 Å². The molecule has 5 heteroatoms. The van der Waals surface area contributed by atoms with Crippen LogP contribution in [0.15, 0.2) is 18.2 Å². The van der Waals surface area contributed by atoms with Crippen molar-refractivity contribution in [3.8, 4) is 11.5 Å². The first kappa shape index (κ1) is 16.3. The van der Waals surface area contributed by atoms with Crippen LogP contribution in [0.4, 0.5) is 0 Å².